The van der Waals surface area contributed by atoms with Gasteiger partial charge in [-0.2, -0.15) is 11.8 Å². The largest absolute Gasteiger partial charge is 0.353 e. The maximum absolute atomic E-state index is 11.6. The first kappa shape index (κ1) is 10.3. The van der Waals surface area contributed by atoms with Crippen LogP contribution in [0.2, 0.25) is 0 Å². The van der Waals surface area contributed by atoms with E-state index < -0.39 is 0 Å². The Morgan fingerprint density at radius 3 is 2.64 bits per heavy atom. The van der Waals surface area contributed by atoms with E-state index >= 15 is 0 Å². The zero-order valence-corrected chi connectivity index (χ0v) is 9.99. The second-order valence-corrected chi connectivity index (χ2v) is 6.51. The Morgan fingerprint density at radius 1 is 1.50 bits per heavy atom. The second-order valence-electron chi connectivity index (χ2n) is 4.88. The molecule has 3 heteroatoms. The van der Waals surface area contributed by atoms with Gasteiger partial charge >= 0.3 is 0 Å². The van der Waals surface area contributed by atoms with Crippen molar-refractivity contribution in [3.63, 3.8) is 0 Å². The SMILES string of the molecule is CC1NC(=O)C(C)C1C1(C)CCCS1. The molecule has 0 aromatic rings. The van der Waals surface area contributed by atoms with Crippen LogP contribution in [0, 0.1) is 11.8 Å². The van der Waals surface area contributed by atoms with Gasteiger partial charge in [0.1, 0.15) is 0 Å². The van der Waals surface area contributed by atoms with Gasteiger partial charge in [0.15, 0.2) is 0 Å². The summed E-state index contributed by atoms with van der Waals surface area (Å²) in [5.41, 5.74) is 0. The zero-order chi connectivity index (χ0) is 10.3. The predicted octanol–water partition coefficient (Wildman–Crippen LogP) is 2.04. The fourth-order valence-electron chi connectivity index (χ4n) is 3.16. The lowest BCUT2D eigenvalue weighted by Crippen LogP contribution is -2.38. The van der Waals surface area contributed by atoms with Crippen molar-refractivity contribution in [1.29, 1.82) is 0 Å². The number of rotatable bonds is 1. The summed E-state index contributed by atoms with van der Waals surface area (Å²) < 4.78 is 0.331. The Balaban J connectivity index is 2.20. The topological polar surface area (TPSA) is 29.1 Å². The minimum Gasteiger partial charge on any atom is -0.353 e. The first-order valence-electron chi connectivity index (χ1n) is 5.49. The minimum absolute atomic E-state index is 0.195. The van der Waals surface area contributed by atoms with Gasteiger partial charge in [-0.1, -0.05) is 13.8 Å². The smallest absolute Gasteiger partial charge is 0.223 e. The third kappa shape index (κ3) is 1.46. The molecule has 2 aliphatic rings. The average Bonchev–Trinajstić information content (AvgIpc) is 2.60. The molecular weight excluding hydrogens is 194 g/mol. The summed E-state index contributed by atoms with van der Waals surface area (Å²) in [7, 11) is 0. The van der Waals surface area contributed by atoms with Crippen molar-refractivity contribution in [3.8, 4) is 0 Å². The highest BCUT2D eigenvalue weighted by Gasteiger charge is 2.49. The lowest BCUT2D eigenvalue weighted by molar-refractivity contribution is -0.122. The fraction of sp³-hybridized carbons (Fsp3) is 0.909. The summed E-state index contributed by atoms with van der Waals surface area (Å²) in [6.45, 7) is 6.56. The molecule has 0 aliphatic carbocycles. The number of carbonyl (C=O) groups excluding carboxylic acids is 1. The van der Waals surface area contributed by atoms with Crippen LogP contribution in [0.15, 0.2) is 0 Å². The van der Waals surface area contributed by atoms with Crippen molar-refractivity contribution in [2.75, 3.05) is 5.75 Å². The van der Waals surface area contributed by atoms with Gasteiger partial charge < -0.3 is 5.32 Å². The summed E-state index contributed by atoms with van der Waals surface area (Å²) in [5.74, 6) is 2.22. The Bertz CT molecular complexity index is 248. The van der Waals surface area contributed by atoms with E-state index in [1.165, 1.54) is 18.6 Å². The van der Waals surface area contributed by atoms with Crippen LogP contribution in [0.3, 0.4) is 0 Å². The molecule has 4 unspecified atom stereocenters. The molecule has 0 saturated carbocycles. The molecule has 1 amide bonds. The molecule has 0 aromatic heterocycles. The third-order valence-electron chi connectivity index (χ3n) is 3.82. The van der Waals surface area contributed by atoms with E-state index in [2.05, 4.69) is 37.8 Å². The van der Waals surface area contributed by atoms with Crippen LogP contribution in [0.4, 0.5) is 0 Å². The molecule has 2 heterocycles. The van der Waals surface area contributed by atoms with Gasteiger partial charge in [0.05, 0.1) is 0 Å². The van der Waals surface area contributed by atoms with Crippen LogP contribution in [0.1, 0.15) is 33.6 Å². The number of hydrogen-bond acceptors (Lipinski definition) is 2. The van der Waals surface area contributed by atoms with Gasteiger partial charge in [0, 0.05) is 22.6 Å². The summed E-state index contributed by atoms with van der Waals surface area (Å²) in [5, 5.41) is 3.07. The molecule has 2 saturated heterocycles. The highest BCUT2D eigenvalue weighted by atomic mass is 32.2. The number of carbonyl (C=O) groups is 1. The van der Waals surface area contributed by atoms with Gasteiger partial charge in [0.25, 0.3) is 0 Å². The molecule has 0 aromatic carbocycles. The Hall–Kier alpha value is -0.180. The van der Waals surface area contributed by atoms with E-state index in [0.29, 0.717) is 16.7 Å². The third-order valence-corrected chi connectivity index (χ3v) is 5.44. The molecule has 0 bridgehead atoms. The van der Waals surface area contributed by atoms with E-state index in [0.717, 1.165) is 0 Å². The normalized spacial score (nSPS) is 48.2. The standard InChI is InChI=1S/C11H19NOS/c1-7-9(8(2)12-10(7)13)11(3)5-4-6-14-11/h7-9H,4-6H2,1-3H3,(H,12,13). The van der Waals surface area contributed by atoms with Crippen molar-refractivity contribution >= 4 is 17.7 Å². The lowest BCUT2D eigenvalue weighted by atomic mass is 9.79. The van der Waals surface area contributed by atoms with Crippen LogP contribution < -0.4 is 5.32 Å². The van der Waals surface area contributed by atoms with Crippen molar-refractivity contribution in [3.05, 3.63) is 0 Å². The van der Waals surface area contributed by atoms with Crippen molar-refractivity contribution < 1.29 is 4.79 Å². The Morgan fingerprint density at radius 2 is 2.21 bits per heavy atom. The molecule has 0 radical (unpaired) electrons. The summed E-state index contributed by atoms with van der Waals surface area (Å²) >= 11 is 2.06. The molecule has 2 aliphatic heterocycles. The first-order chi connectivity index (χ1) is 6.54. The molecular formula is C11H19NOS. The predicted molar refractivity (Wildman–Crippen MR) is 60.4 cm³/mol. The van der Waals surface area contributed by atoms with Gasteiger partial charge in [-0.15, -0.1) is 0 Å². The highest BCUT2D eigenvalue weighted by molar-refractivity contribution is 8.00. The van der Waals surface area contributed by atoms with Crippen molar-refractivity contribution in [2.45, 2.75) is 44.4 Å². The van der Waals surface area contributed by atoms with E-state index in [9.17, 15) is 4.79 Å². The summed E-state index contributed by atoms with van der Waals surface area (Å²) in [6, 6.07) is 0.355. The molecule has 14 heavy (non-hydrogen) atoms. The second kappa shape index (κ2) is 3.44. The number of hydrogen-bond donors (Lipinski definition) is 1. The molecule has 80 valence electrons. The number of thioether (sulfide) groups is 1. The maximum atomic E-state index is 11.6. The highest BCUT2D eigenvalue weighted by Crippen LogP contribution is 2.49. The van der Waals surface area contributed by atoms with E-state index in [4.69, 9.17) is 0 Å². The molecule has 4 atom stereocenters. The van der Waals surface area contributed by atoms with Gasteiger partial charge in [-0.25, -0.2) is 0 Å². The monoisotopic (exact) mass is 213 g/mol. The number of nitrogens with one attached hydrogen (secondary N) is 1. The molecule has 2 fully saturated rings. The Kier molecular flexibility index (Phi) is 2.54. The van der Waals surface area contributed by atoms with E-state index in [1.807, 2.05) is 0 Å². The molecule has 2 nitrogen and oxygen atoms in total. The first-order valence-corrected chi connectivity index (χ1v) is 6.47. The van der Waals surface area contributed by atoms with Gasteiger partial charge in [-0.3, -0.25) is 4.79 Å². The quantitative estimate of drug-likeness (QED) is 0.722. The lowest BCUT2D eigenvalue weighted by Gasteiger charge is -2.34. The van der Waals surface area contributed by atoms with Crippen LogP contribution in [0.25, 0.3) is 0 Å². The van der Waals surface area contributed by atoms with Gasteiger partial charge in [0.2, 0.25) is 5.91 Å². The van der Waals surface area contributed by atoms with Crippen LogP contribution in [-0.2, 0) is 4.79 Å². The van der Waals surface area contributed by atoms with Gasteiger partial charge in [-0.05, 0) is 25.5 Å². The van der Waals surface area contributed by atoms with Crippen LogP contribution in [0.5, 0.6) is 0 Å². The van der Waals surface area contributed by atoms with Crippen LogP contribution in [-0.4, -0.2) is 22.4 Å². The zero-order valence-electron chi connectivity index (χ0n) is 9.17. The van der Waals surface area contributed by atoms with Crippen molar-refractivity contribution in [2.24, 2.45) is 11.8 Å². The summed E-state index contributed by atoms with van der Waals surface area (Å²) in [4.78, 5) is 11.6. The fourth-order valence-corrected chi connectivity index (χ4v) is 4.81. The molecule has 2 rings (SSSR count). The maximum Gasteiger partial charge on any atom is 0.223 e. The minimum atomic E-state index is 0.195. The van der Waals surface area contributed by atoms with E-state index in [-0.39, 0.29) is 11.8 Å². The number of amides is 1. The summed E-state index contributed by atoms with van der Waals surface area (Å²) in [6.07, 6.45) is 2.58. The van der Waals surface area contributed by atoms with E-state index in [1.54, 1.807) is 0 Å². The van der Waals surface area contributed by atoms with Crippen LogP contribution >= 0.6 is 11.8 Å². The molecule has 1 N–H and O–H groups in total. The molecule has 0 spiro atoms. The van der Waals surface area contributed by atoms with Crippen molar-refractivity contribution in [1.82, 2.24) is 5.32 Å². The average molecular weight is 213 g/mol. The Labute approximate surface area is 90.2 Å².